The molecule has 2 aliphatic heterocycles. The van der Waals surface area contributed by atoms with E-state index in [9.17, 15) is 4.79 Å². The van der Waals surface area contributed by atoms with Crippen molar-refractivity contribution in [1.29, 1.82) is 0 Å². The van der Waals surface area contributed by atoms with Crippen LogP contribution in [0.25, 0.3) is 0 Å². The fraction of sp³-hybridized carbons (Fsp3) is 0.423. The maximum Gasteiger partial charge on any atom is 0.323 e. The molecule has 2 aliphatic rings. The average molecular weight is 437 g/mol. The predicted octanol–water partition coefficient (Wildman–Crippen LogP) is 3.78. The second-order valence-electron chi connectivity index (χ2n) is 8.36. The zero-order valence-corrected chi connectivity index (χ0v) is 18.8. The average Bonchev–Trinajstić information content (AvgIpc) is 3.17. The van der Waals surface area contributed by atoms with E-state index in [1.807, 2.05) is 18.2 Å². The minimum atomic E-state index is -0.140. The van der Waals surface area contributed by atoms with Crippen molar-refractivity contribution in [3.05, 3.63) is 71.8 Å². The summed E-state index contributed by atoms with van der Waals surface area (Å²) >= 11 is 0. The van der Waals surface area contributed by atoms with E-state index in [1.54, 1.807) is 6.08 Å². The number of carbonyl (C=O) groups excluding carboxylic acids is 1. The SMILES string of the molecule is C=CCOc1ccccc1CN1CCOc2ccc(CN3CCC[C@H]3C(=O)OC)cc2C1. The minimum absolute atomic E-state index is 0.135. The number of ether oxygens (including phenoxy) is 3. The first-order valence-electron chi connectivity index (χ1n) is 11.3. The lowest BCUT2D eigenvalue weighted by Crippen LogP contribution is -2.36. The quantitative estimate of drug-likeness (QED) is 0.464. The van der Waals surface area contributed by atoms with Gasteiger partial charge in [-0.2, -0.15) is 0 Å². The van der Waals surface area contributed by atoms with Gasteiger partial charge in [0.1, 0.15) is 30.8 Å². The lowest BCUT2D eigenvalue weighted by atomic mass is 10.1. The highest BCUT2D eigenvalue weighted by Gasteiger charge is 2.31. The first kappa shape index (κ1) is 22.4. The molecule has 1 saturated heterocycles. The van der Waals surface area contributed by atoms with Crippen LogP contribution in [0.3, 0.4) is 0 Å². The fourth-order valence-electron chi connectivity index (χ4n) is 4.55. The Morgan fingerprint density at radius 2 is 2.09 bits per heavy atom. The lowest BCUT2D eigenvalue weighted by Gasteiger charge is -2.23. The number of rotatable bonds is 8. The molecule has 6 nitrogen and oxygen atoms in total. The predicted molar refractivity (Wildman–Crippen MR) is 124 cm³/mol. The Morgan fingerprint density at radius 3 is 2.94 bits per heavy atom. The highest BCUT2D eigenvalue weighted by atomic mass is 16.5. The van der Waals surface area contributed by atoms with Gasteiger partial charge in [-0.15, -0.1) is 0 Å². The smallest absolute Gasteiger partial charge is 0.323 e. The van der Waals surface area contributed by atoms with E-state index in [1.165, 1.54) is 18.2 Å². The van der Waals surface area contributed by atoms with E-state index in [0.717, 1.165) is 62.6 Å². The molecule has 2 heterocycles. The van der Waals surface area contributed by atoms with Crippen LogP contribution < -0.4 is 9.47 Å². The van der Waals surface area contributed by atoms with Gasteiger partial charge in [0, 0.05) is 37.3 Å². The van der Waals surface area contributed by atoms with Crippen LogP contribution in [-0.4, -0.2) is 55.2 Å². The van der Waals surface area contributed by atoms with Gasteiger partial charge >= 0.3 is 5.97 Å². The molecule has 0 radical (unpaired) electrons. The van der Waals surface area contributed by atoms with Gasteiger partial charge in [-0.25, -0.2) is 0 Å². The Kier molecular flexibility index (Phi) is 7.45. The van der Waals surface area contributed by atoms with Crippen molar-refractivity contribution in [2.75, 3.05) is 33.4 Å². The van der Waals surface area contributed by atoms with Crippen LogP contribution >= 0.6 is 0 Å². The highest BCUT2D eigenvalue weighted by Crippen LogP contribution is 2.29. The summed E-state index contributed by atoms with van der Waals surface area (Å²) in [4.78, 5) is 16.7. The van der Waals surface area contributed by atoms with Crippen LogP contribution in [0.2, 0.25) is 0 Å². The minimum Gasteiger partial charge on any atom is -0.492 e. The molecule has 0 unspecified atom stereocenters. The van der Waals surface area contributed by atoms with Crippen molar-refractivity contribution in [2.45, 2.75) is 38.5 Å². The number of carbonyl (C=O) groups is 1. The summed E-state index contributed by atoms with van der Waals surface area (Å²) in [6.45, 7) is 8.98. The third kappa shape index (κ3) is 5.31. The molecule has 0 saturated carbocycles. The lowest BCUT2D eigenvalue weighted by molar-refractivity contribution is -0.146. The second-order valence-corrected chi connectivity index (χ2v) is 8.36. The zero-order valence-electron chi connectivity index (χ0n) is 18.8. The number of likely N-dealkylation sites (tertiary alicyclic amines) is 1. The number of benzene rings is 2. The van der Waals surface area contributed by atoms with Gasteiger partial charge in [-0.3, -0.25) is 14.6 Å². The molecule has 2 aromatic rings. The van der Waals surface area contributed by atoms with Gasteiger partial charge in [0.25, 0.3) is 0 Å². The van der Waals surface area contributed by atoms with E-state index in [4.69, 9.17) is 14.2 Å². The van der Waals surface area contributed by atoms with E-state index in [-0.39, 0.29) is 12.0 Å². The third-order valence-electron chi connectivity index (χ3n) is 6.13. The van der Waals surface area contributed by atoms with Gasteiger partial charge in [0.05, 0.1) is 7.11 Å². The number of nitrogens with zero attached hydrogens (tertiary/aromatic N) is 2. The molecule has 1 fully saturated rings. The van der Waals surface area contributed by atoms with E-state index < -0.39 is 0 Å². The number of para-hydroxylation sites is 1. The van der Waals surface area contributed by atoms with Crippen LogP contribution in [0.5, 0.6) is 11.5 Å². The van der Waals surface area contributed by atoms with Crippen LogP contribution in [0.1, 0.15) is 29.5 Å². The molecule has 170 valence electrons. The van der Waals surface area contributed by atoms with Gasteiger partial charge in [-0.05, 0) is 43.1 Å². The van der Waals surface area contributed by atoms with Gasteiger partial charge in [0.15, 0.2) is 0 Å². The van der Waals surface area contributed by atoms with Gasteiger partial charge in [0.2, 0.25) is 0 Å². The van der Waals surface area contributed by atoms with E-state index >= 15 is 0 Å². The Bertz CT molecular complexity index is 945. The molecule has 0 amide bonds. The molecular weight excluding hydrogens is 404 g/mol. The maximum atomic E-state index is 12.1. The first-order chi connectivity index (χ1) is 15.7. The van der Waals surface area contributed by atoms with Gasteiger partial charge < -0.3 is 14.2 Å². The number of fused-ring (bicyclic) bond motifs is 1. The summed E-state index contributed by atoms with van der Waals surface area (Å²) in [6.07, 6.45) is 3.65. The normalized spacial score (nSPS) is 19.0. The molecule has 0 aromatic heterocycles. The largest absolute Gasteiger partial charge is 0.492 e. The second kappa shape index (κ2) is 10.7. The standard InChI is InChI=1S/C26H32N2O4/c1-3-14-31-24-9-5-4-7-21(24)18-27-13-15-32-25-11-10-20(16-22(25)19-27)17-28-12-6-8-23(28)26(29)30-2/h3-5,7,9-11,16,23H,1,6,8,12-15,17-19H2,2H3/t23-/m0/s1. The van der Waals surface area contributed by atoms with Crippen LogP contribution in [0.15, 0.2) is 55.1 Å². The number of esters is 1. The van der Waals surface area contributed by atoms with Gasteiger partial charge in [-0.1, -0.05) is 36.9 Å². The molecule has 0 spiro atoms. The van der Waals surface area contributed by atoms with Crippen molar-refractivity contribution in [2.24, 2.45) is 0 Å². The molecule has 1 atom stereocenters. The monoisotopic (exact) mass is 436 g/mol. The molecule has 32 heavy (non-hydrogen) atoms. The van der Waals surface area contributed by atoms with Crippen molar-refractivity contribution in [3.8, 4) is 11.5 Å². The molecule has 4 rings (SSSR count). The molecule has 0 aliphatic carbocycles. The summed E-state index contributed by atoms with van der Waals surface area (Å²) in [5.74, 6) is 1.71. The molecular formula is C26H32N2O4. The molecule has 0 N–H and O–H groups in total. The summed E-state index contributed by atoms with van der Waals surface area (Å²) in [7, 11) is 1.47. The highest BCUT2D eigenvalue weighted by molar-refractivity contribution is 5.76. The zero-order chi connectivity index (χ0) is 22.3. The Balaban J connectivity index is 1.47. The summed E-state index contributed by atoms with van der Waals surface area (Å²) in [6, 6.07) is 14.4. The summed E-state index contributed by atoms with van der Waals surface area (Å²) in [5.41, 5.74) is 3.53. The molecule has 2 aromatic carbocycles. The fourth-order valence-corrected chi connectivity index (χ4v) is 4.55. The van der Waals surface area contributed by atoms with Crippen molar-refractivity contribution in [3.63, 3.8) is 0 Å². The summed E-state index contributed by atoms with van der Waals surface area (Å²) < 4.78 is 16.9. The Hall–Kier alpha value is -2.83. The Labute approximate surface area is 190 Å². The number of hydrogen-bond donors (Lipinski definition) is 0. The summed E-state index contributed by atoms with van der Waals surface area (Å²) in [5, 5.41) is 0. The first-order valence-corrected chi connectivity index (χ1v) is 11.3. The van der Waals surface area contributed by atoms with Crippen molar-refractivity contribution in [1.82, 2.24) is 9.80 Å². The van der Waals surface area contributed by atoms with Crippen molar-refractivity contribution < 1.29 is 19.0 Å². The van der Waals surface area contributed by atoms with E-state index in [2.05, 4.69) is 40.6 Å². The number of hydrogen-bond acceptors (Lipinski definition) is 6. The Morgan fingerprint density at radius 1 is 1.22 bits per heavy atom. The molecule has 6 heteroatoms. The van der Waals surface area contributed by atoms with Crippen LogP contribution in [-0.2, 0) is 29.2 Å². The molecule has 0 bridgehead atoms. The maximum absolute atomic E-state index is 12.1. The van der Waals surface area contributed by atoms with Crippen LogP contribution in [0.4, 0.5) is 0 Å². The topological polar surface area (TPSA) is 51.2 Å². The van der Waals surface area contributed by atoms with Crippen molar-refractivity contribution >= 4 is 5.97 Å². The van der Waals surface area contributed by atoms with Crippen LogP contribution in [0, 0.1) is 0 Å². The van der Waals surface area contributed by atoms with E-state index in [0.29, 0.717) is 13.2 Å². The number of methoxy groups -OCH3 is 1. The third-order valence-corrected chi connectivity index (χ3v) is 6.13.